The minimum Gasteiger partial charge on any atom is -0.466 e. The van der Waals surface area contributed by atoms with Crippen molar-refractivity contribution < 1.29 is 18.7 Å². The largest absolute Gasteiger partial charge is 0.466 e. The number of nitrogens with zero attached hydrogens (tertiary/aromatic N) is 1. The number of hydrogen-bond acceptors (Lipinski definition) is 3. The van der Waals surface area contributed by atoms with Crippen LogP contribution in [0.3, 0.4) is 0 Å². The topological polar surface area (TPSA) is 38.8 Å². The standard InChI is InChI=1S/C15H16FNO3/c1-3-17-11-7-5-6-10(16)13(11)15(14(17)18)9-8-12(20-15)19-4-2/h5-8H,3-4,9H2,1-2H3. The summed E-state index contributed by atoms with van der Waals surface area (Å²) in [7, 11) is 0. The molecule has 5 heteroatoms. The van der Waals surface area contributed by atoms with Gasteiger partial charge in [0, 0.05) is 19.0 Å². The van der Waals surface area contributed by atoms with Crippen LogP contribution in [0.2, 0.25) is 0 Å². The lowest BCUT2D eigenvalue weighted by Crippen LogP contribution is -2.40. The van der Waals surface area contributed by atoms with Crippen LogP contribution in [0.15, 0.2) is 30.2 Å². The fourth-order valence-electron chi connectivity index (χ4n) is 2.88. The van der Waals surface area contributed by atoms with Crippen molar-refractivity contribution in [2.45, 2.75) is 25.9 Å². The predicted molar refractivity (Wildman–Crippen MR) is 71.5 cm³/mol. The minimum absolute atomic E-state index is 0.231. The van der Waals surface area contributed by atoms with Crippen LogP contribution in [0.1, 0.15) is 25.8 Å². The molecule has 0 radical (unpaired) electrons. The third-order valence-electron chi connectivity index (χ3n) is 3.71. The fraction of sp³-hybridized carbons (Fsp3) is 0.400. The summed E-state index contributed by atoms with van der Waals surface area (Å²) in [5, 5.41) is 0. The number of carbonyl (C=O) groups is 1. The Morgan fingerprint density at radius 1 is 1.45 bits per heavy atom. The molecule has 1 atom stereocenters. The molecule has 2 aliphatic heterocycles. The highest BCUT2D eigenvalue weighted by molar-refractivity contribution is 6.07. The molecule has 2 aliphatic rings. The van der Waals surface area contributed by atoms with Gasteiger partial charge in [0.25, 0.3) is 11.9 Å². The molecule has 4 nitrogen and oxygen atoms in total. The van der Waals surface area contributed by atoms with Crippen LogP contribution >= 0.6 is 0 Å². The predicted octanol–water partition coefficient (Wildman–Crippen LogP) is 2.69. The summed E-state index contributed by atoms with van der Waals surface area (Å²) in [6, 6.07) is 4.71. The van der Waals surface area contributed by atoms with Gasteiger partial charge in [0.1, 0.15) is 5.82 Å². The van der Waals surface area contributed by atoms with Crippen LogP contribution in [0.25, 0.3) is 0 Å². The first-order chi connectivity index (χ1) is 9.64. The Hall–Kier alpha value is -2.04. The van der Waals surface area contributed by atoms with Crippen LogP contribution in [0.5, 0.6) is 0 Å². The van der Waals surface area contributed by atoms with Crippen molar-refractivity contribution in [3.8, 4) is 0 Å². The molecule has 0 aromatic heterocycles. The molecule has 0 aliphatic carbocycles. The van der Waals surface area contributed by atoms with Gasteiger partial charge in [-0.1, -0.05) is 6.07 Å². The summed E-state index contributed by atoms with van der Waals surface area (Å²) in [6.07, 6.45) is 2.00. The highest BCUT2D eigenvalue weighted by atomic mass is 19.1. The molecule has 0 fully saturated rings. The van der Waals surface area contributed by atoms with E-state index in [-0.39, 0.29) is 5.91 Å². The Balaban J connectivity index is 2.09. The summed E-state index contributed by atoms with van der Waals surface area (Å²) in [5.41, 5.74) is -0.386. The van der Waals surface area contributed by atoms with Gasteiger partial charge >= 0.3 is 0 Å². The average Bonchev–Trinajstić information content (AvgIpc) is 2.94. The van der Waals surface area contributed by atoms with Crippen molar-refractivity contribution in [2.75, 3.05) is 18.1 Å². The number of amides is 1. The number of rotatable bonds is 3. The molecular weight excluding hydrogens is 261 g/mol. The Kier molecular flexibility index (Phi) is 2.92. The van der Waals surface area contributed by atoms with Gasteiger partial charge in [-0.05, 0) is 26.0 Å². The smallest absolute Gasteiger partial charge is 0.276 e. The molecule has 0 bridgehead atoms. The van der Waals surface area contributed by atoms with Crippen molar-refractivity contribution in [2.24, 2.45) is 0 Å². The number of anilines is 1. The number of benzene rings is 1. The summed E-state index contributed by atoms with van der Waals surface area (Å²) in [6.45, 7) is 4.61. The van der Waals surface area contributed by atoms with Gasteiger partial charge in [-0.25, -0.2) is 4.39 Å². The van der Waals surface area contributed by atoms with Gasteiger partial charge in [-0.15, -0.1) is 0 Å². The Labute approximate surface area is 116 Å². The van der Waals surface area contributed by atoms with Gasteiger partial charge in [-0.3, -0.25) is 4.79 Å². The lowest BCUT2D eigenvalue weighted by molar-refractivity contribution is -0.141. The van der Waals surface area contributed by atoms with E-state index >= 15 is 0 Å². The number of fused-ring (bicyclic) bond motifs is 2. The lowest BCUT2D eigenvalue weighted by atomic mass is 9.92. The van der Waals surface area contributed by atoms with Crippen molar-refractivity contribution in [3.05, 3.63) is 41.6 Å². The molecule has 1 aromatic carbocycles. The number of carbonyl (C=O) groups excluding carboxylic acids is 1. The van der Waals surface area contributed by atoms with Crippen LogP contribution in [0, 0.1) is 5.82 Å². The second-order valence-corrected chi connectivity index (χ2v) is 4.77. The van der Waals surface area contributed by atoms with Crippen LogP contribution in [-0.4, -0.2) is 19.1 Å². The molecule has 1 unspecified atom stereocenters. The van der Waals surface area contributed by atoms with Crippen molar-refractivity contribution in [3.63, 3.8) is 0 Å². The highest BCUT2D eigenvalue weighted by Gasteiger charge is 2.56. The van der Waals surface area contributed by atoms with Crippen molar-refractivity contribution in [1.29, 1.82) is 0 Å². The molecule has 1 aromatic rings. The zero-order valence-corrected chi connectivity index (χ0v) is 11.5. The second-order valence-electron chi connectivity index (χ2n) is 4.77. The maximum absolute atomic E-state index is 14.3. The molecule has 3 rings (SSSR count). The van der Waals surface area contributed by atoms with E-state index in [4.69, 9.17) is 9.47 Å². The molecule has 0 saturated heterocycles. The lowest BCUT2D eigenvalue weighted by Gasteiger charge is -2.24. The first-order valence-electron chi connectivity index (χ1n) is 6.77. The summed E-state index contributed by atoms with van der Waals surface area (Å²) >= 11 is 0. The van der Waals surface area contributed by atoms with Crippen LogP contribution in [-0.2, 0) is 19.9 Å². The normalized spacial score (nSPS) is 23.9. The monoisotopic (exact) mass is 277 g/mol. The van der Waals surface area contributed by atoms with Crippen LogP contribution in [0.4, 0.5) is 10.1 Å². The molecule has 2 heterocycles. The number of likely N-dealkylation sites (N-methyl/N-ethyl adjacent to an activating group) is 1. The maximum Gasteiger partial charge on any atom is 0.276 e. The molecule has 1 spiro atoms. The molecule has 106 valence electrons. The third kappa shape index (κ3) is 1.55. The van der Waals surface area contributed by atoms with E-state index in [0.717, 1.165) is 0 Å². The van der Waals surface area contributed by atoms with Gasteiger partial charge < -0.3 is 14.4 Å². The first-order valence-corrected chi connectivity index (χ1v) is 6.77. The molecule has 0 saturated carbocycles. The van der Waals surface area contributed by atoms with Crippen LogP contribution < -0.4 is 4.90 Å². The highest BCUT2D eigenvalue weighted by Crippen LogP contribution is 2.50. The van der Waals surface area contributed by atoms with Gasteiger partial charge in [-0.2, -0.15) is 0 Å². The summed E-state index contributed by atoms with van der Waals surface area (Å²) < 4.78 is 25.3. The third-order valence-corrected chi connectivity index (χ3v) is 3.71. The Bertz CT molecular complexity index is 599. The second kappa shape index (κ2) is 4.51. The molecule has 0 N–H and O–H groups in total. The van der Waals surface area contributed by atoms with Crippen molar-refractivity contribution >= 4 is 11.6 Å². The van der Waals surface area contributed by atoms with E-state index in [1.165, 1.54) is 6.07 Å². The van der Waals surface area contributed by atoms with Crippen molar-refractivity contribution in [1.82, 2.24) is 0 Å². The van der Waals surface area contributed by atoms with E-state index in [2.05, 4.69) is 0 Å². The van der Waals surface area contributed by atoms with Gasteiger partial charge in [0.05, 0.1) is 17.9 Å². The summed E-state index contributed by atoms with van der Waals surface area (Å²) in [4.78, 5) is 14.2. The summed E-state index contributed by atoms with van der Waals surface area (Å²) in [5.74, 6) is -0.350. The maximum atomic E-state index is 14.3. The van der Waals surface area contributed by atoms with Gasteiger partial charge in [0.2, 0.25) is 5.60 Å². The van der Waals surface area contributed by atoms with E-state index in [0.29, 0.717) is 36.8 Å². The minimum atomic E-state index is -1.29. The first kappa shape index (κ1) is 13.0. The number of hydrogen-bond donors (Lipinski definition) is 0. The molecular formula is C15H16FNO3. The van der Waals surface area contributed by atoms with E-state index in [1.54, 1.807) is 23.1 Å². The molecule has 20 heavy (non-hydrogen) atoms. The zero-order valence-electron chi connectivity index (χ0n) is 11.5. The number of halogens is 1. The molecule has 1 amide bonds. The van der Waals surface area contributed by atoms with E-state index in [9.17, 15) is 9.18 Å². The van der Waals surface area contributed by atoms with Gasteiger partial charge in [0.15, 0.2) is 0 Å². The van der Waals surface area contributed by atoms with E-state index in [1.807, 2.05) is 13.8 Å². The van der Waals surface area contributed by atoms with E-state index < -0.39 is 11.4 Å². The Morgan fingerprint density at radius 3 is 2.95 bits per heavy atom. The SMILES string of the molecule is CCOC1=CCC2(O1)C(=O)N(CC)c1cccc(F)c12. The fourth-order valence-corrected chi connectivity index (χ4v) is 2.88. The average molecular weight is 277 g/mol. The quantitative estimate of drug-likeness (QED) is 0.852. The zero-order chi connectivity index (χ0) is 14.3. The number of ether oxygens (including phenoxy) is 2. The Morgan fingerprint density at radius 2 is 2.25 bits per heavy atom.